The Morgan fingerprint density at radius 1 is 1.15 bits per heavy atom. The van der Waals surface area contributed by atoms with Crippen molar-refractivity contribution in [3.05, 3.63) is 54.1 Å². The van der Waals surface area contributed by atoms with Gasteiger partial charge in [-0.3, -0.25) is 9.80 Å². The Balaban J connectivity index is 1.26. The van der Waals surface area contributed by atoms with Crippen LogP contribution in [0.4, 0.5) is 0 Å². The van der Waals surface area contributed by atoms with Crippen LogP contribution in [0.15, 0.2) is 41.5 Å². The number of H-pyrrole nitrogens is 1. The zero-order valence-electron chi connectivity index (χ0n) is 15.6. The van der Waals surface area contributed by atoms with E-state index in [4.69, 9.17) is 4.42 Å². The van der Waals surface area contributed by atoms with Crippen LogP contribution in [0, 0.1) is 0 Å². The lowest BCUT2D eigenvalue weighted by molar-refractivity contribution is 0.0221. The molecule has 2 aliphatic heterocycles. The van der Waals surface area contributed by atoms with Gasteiger partial charge in [-0.25, -0.2) is 15.0 Å². The van der Waals surface area contributed by atoms with Crippen molar-refractivity contribution in [2.24, 2.45) is 0 Å². The SMILES string of the molecule is CN1CCc2[nH]cnc2C12CCN(Cc1cnc(-c3ccco3)nc1)CC2. The molecular weight excluding hydrogens is 340 g/mol. The minimum atomic E-state index is 0.0870. The number of likely N-dealkylation sites (tertiary alicyclic amines) is 1. The van der Waals surface area contributed by atoms with Crippen LogP contribution in [0.2, 0.25) is 0 Å². The normalized spacial score (nSPS) is 20.0. The topological polar surface area (TPSA) is 74.1 Å². The molecule has 1 N–H and O–H groups in total. The number of likely N-dealkylation sites (N-methyl/N-ethyl adjacent to an activating group) is 1. The summed E-state index contributed by atoms with van der Waals surface area (Å²) in [4.78, 5) is 21.9. The van der Waals surface area contributed by atoms with Gasteiger partial charge in [0.2, 0.25) is 0 Å². The summed E-state index contributed by atoms with van der Waals surface area (Å²) in [6, 6.07) is 3.73. The van der Waals surface area contributed by atoms with Gasteiger partial charge >= 0.3 is 0 Å². The molecule has 7 heteroatoms. The lowest BCUT2D eigenvalue weighted by Gasteiger charge is -2.49. The molecule has 2 aliphatic rings. The molecule has 0 aliphatic carbocycles. The first-order valence-corrected chi connectivity index (χ1v) is 9.56. The van der Waals surface area contributed by atoms with E-state index in [2.05, 4.69) is 36.8 Å². The Hall–Kier alpha value is -2.51. The molecule has 1 spiro atoms. The molecule has 0 amide bonds. The number of aromatic amines is 1. The van der Waals surface area contributed by atoms with E-state index in [1.165, 1.54) is 11.4 Å². The highest BCUT2D eigenvalue weighted by atomic mass is 16.3. The van der Waals surface area contributed by atoms with Gasteiger partial charge in [0.05, 0.1) is 23.8 Å². The Labute approximate surface area is 158 Å². The largest absolute Gasteiger partial charge is 0.461 e. The number of nitrogens with zero attached hydrogens (tertiary/aromatic N) is 5. The molecule has 27 heavy (non-hydrogen) atoms. The molecule has 3 aromatic heterocycles. The van der Waals surface area contributed by atoms with E-state index in [0.717, 1.165) is 51.0 Å². The molecule has 0 atom stereocenters. The lowest BCUT2D eigenvalue weighted by Crippen LogP contribution is -2.54. The minimum absolute atomic E-state index is 0.0870. The molecule has 0 aromatic carbocycles. The van der Waals surface area contributed by atoms with E-state index in [1.54, 1.807) is 6.26 Å². The van der Waals surface area contributed by atoms with Crippen LogP contribution >= 0.6 is 0 Å². The third-order valence-corrected chi connectivity index (χ3v) is 6.12. The first kappa shape index (κ1) is 16.6. The van der Waals surface area contributed by atoms with Crippen molar-refractivity contribution in [2.45, 2.75) is 31.3 Å². The van der Waals surface area contributed by atoms with Gasteiger partial charge in [-0.05, 0) is 32.0 Å². The van der Waals surface area contributed by atoms with Gasteiger partial charge in [0.25, 0.3) is 0 Å². The molecule has 0 radical (unpaired) electrons. The lowest BCUT2D eigenvalue weighted by atomic mass is 9.79. The maximum Gasteiger partial charge on any atom is 0.195 e. The molecule has 140 valence electrons. The van der Waals surface area contributed by atoms with Crippen molar-refractivity contribution in [1.82, 2.24) is 29.7 Å². The highest BCUT2D eigenvalue weighted by molar-refractivity contribution is 5.45. The molecule has 7 nitrogen and oxygen atoms in total. The molecule has 5 heterocycles. The molecule has 0 saturated carbocycles. The summed E-state index contributed by atoms with van der Waals surface area (Å²) in [5.74, 6) is 1.34. The van der Waals surface area contributed by atoms with Gasteiger partial charge in [-0.1, -0.05) is 0 Å². The van der Waals surface area contributed by atoms with Crippen LogP contribution < -0.4 is 0 Å². The van der Waals surface area contributed by atoms with Crippen LogP contribution in [-0.2, 0) is 18.5 Å². The number of piperidine rings is 1. The molecule has 3 aromatic rings. The highest BCUT2D eigenvalue weighted by Crippen LogP contribution is 2.41. The first-order valence-electron chi connectivity index (χ1n) is 9.56. The molecule has 1 fully saturated rings. The van der Waals surface area contributed by atoms with E-state index in [9.17, 15) is 0 Å². The quantitative estimate of drug-likeness (QED) is 0.769. The van der Waals surface area contributed by atoms with Gasteiger partial charge in [0.1, 0.15) is 0 Å². The van der Waals surface area contributed by atoms with Crippen molar-refractivity contribution in [3.8, 4) is 11.6 Å². The van der Waals surface area contributed by atoms with Crippen LogP contribution in [0.25, 0.3) is 11.6 Å². The number of rotatable bonds is 3. The van der Waals surface area contributed by atoms with E-state index in [-0.39, 0.29) is 5.54 Å². The van der Waals surface area contributed by atoms with Gasteiger partial charge in [0.15, 0.2) is 11.6 Å². The van der Waals surface area contributed by atoms with Gasteiger partial charge < -0.3 is 9.40 Å². The van der Waals surface area contributed by atoms with Crippen LogP contribution in [-0.4, -0.2) is 56.4 Å². The standard InChI is InChI=1S/C20H24N6O/c1-25-7-4-16-18(24-14-23-16)20(25)5-8-26(9-6-20)13-15-11-21-19(22-12-15)17-3-2-10-27-17/h2-3,10-12,14H,4-9,13H2,1H3,(H,23,24). The third kappa shape index (κ3) is 2.87. The second-order valence-electron chi connectivity index (χ2n) is 7.60. The van der Waals surface area contributed by atoms with Gasteiger partial charge in [-0.15, -0.1) is 0 Å². The fourth-order valence-corrected chi connectivity index (χ4v) is 4.51. The number of nitrogens with one attached hydrogen (secondary N) is 1. The number of imidazole rings is 1. The zero-order chi connectivity index (χ0) is 18.3. The highest BCUT2D eigenvalue weighted by Gasteiger charge is 2.44. The van der Waals surface area contributed by atoms with Crippen LogP contribution in [0.5, 0.6) is 0 Å². The van der Waals surface area contributed by atoms with Gasteiger partial charge in [0, 0.05) is 56.3 Å². The summed E-state index contributed by atoms with van der Waals surface area (Å²) < 4.78 is 5.36. The Morgan fingerprint density at radius 2 is 1.96 bits per heavy atom. The number of hydrogen-bond acceptors (Lipinski definition) is 6. The molecule has 5 rings (SSSR count). The number of fused-ring (bicyclic) bond motifs is 2. The summed E-state index contributed by atoms with van der Waals surface area (Å²) in [5.41, 5.74) is 3.81. The number of aromatic nitrogens is 4. The summed E-state index contributed by atoms with van der Waals surface area (Å²) in [6.07, 6.45) is 10.6. The van der Waals surface area contributed by atoms with E-state index < -0.39 is 0 Å². The third-order valence-electron chi connectivity index (χ3n) is 6.12. The molecule has 0 unspecified atom stereocenters. The Kier molecular flexibility index (Phi) is 4.06. The molecule has 0 bridgehead atoms. The zero-order valence-corrected chi connectivity index (χ0v) is 15.6. The van der Waals surface area contributed by atoms with Crippen molar-refractivity contribution in [1.29, 1.82) is 0 Å². The Morgan fingerprint density at radius 3 is 2.70 bits per heavy atom. The van der Waals surface area contributed by atoms with Crippen molar-refractivity contribution >= 4 is 0 Å². The fraction of sp³-hybridized carbons (Fsp3) is 0.450. The second-order valence-corrected chi connectivity index (χ2v) is 7.60. The first-order chi connectivity index (χ1) is 13.2. The fourth-order valence-electron chi connectivity index (χ4n) is 4.51. The van der Waals surface area contributed by atoms with Gasteiger partial charge in [-0.2, -0.15) is 0 Å². The second kappa shape index (κ2) is 6.58. The van der Waals surface area contributed by atoms with Crippen LogP contribution in [0.1, 0.15) is 29.8 Å². The average molecular weight is 364 g/mol. The average Bonchev–Trinajstić information content (AvgIpc) is 3.39. The summed E-state index contributed by atoms with van der Waals surface area (Å²) in [7, 11) is 2.24. The summed E-state index contributed by atoms with van der Waals surface area (Å²) >= 11 is 0. The maximum atomic E-state index is 5.36. The smallest absolute Gasteiger partial charge is 0.195 e. The number of furan rings is 1. The monoisotopic (exact) mass is 364 g/mol. The van der Waals surface area contributed by atoms with Crippen LogP contribution in [0.3, 0.4) is 0 Å². The van der Waals surface area contributed by atoms with Crippen molar-refractivity contribution < 1.29 is 4.42 Å². The minimum Gasteiger partial charge on any atom is -0.461 e. The van der Waals surface area contributed by atoms with E-state index in [1.807, 2.05) is 30.9 Å². The number of hydrogen-bond donors (Lipinski definition) is 1. The van der Waals surface area contributed by atoms with Crippen molar-refractivity contribution in [3.63, 3.8) is 0 Å². The van der Waals surface area contributed by atoms with E-state index >= 15 is 0 Å². The predicted molar refractivity (Wildman–Crippen MR) is 101 cm³/mol. The Bertz CT molecular complexity index is 893. The van der Waals surface area contributed by atoms with Crippen molar-refractivity contribution in [2.75, 3.05) is 26.7 Å². The summed E-state index contributed by atoms with van der Waals surface area (Å²) in [5, 5.41) is 0. The molecule has 1 saturated heterocycles. The maximum absolute atomic E-state index is 5.36. The van der Waals surface area contributed by atoms with E-state index in [0.29, 0.717) is 11.6 Å². The summed E-state index contributed by atoms with van der Waals surface area (Å²) in [6.45, 7) is 4.08. The predicted octanol–water partition coefficient (Wildman–Crippen LogP) is 2.44. The molecular formula is C20H24N6O.